The van der Waals surface area contributed by atoms with E-state index in [4.69, 9.17) is 10.8 Å². The van der Waals surface area contributed by atoms with E-state index < -0.39 is 0 Å². The van der Waals surface area contributed by atoms with Crippen LogP contribution in [0.15, 0.2) is 12.5 Å². The summed E-state index contributed by atoms with van der Waals surface area (Å²) >= 11 is 0. The number of imidazole rings is 1. The summed E-state index contributed by atoms with van der Waals surface area (Å²) in [5, 5.41) is 8.99. The highest BCUT2D eigenvalue weighted by molar-refractivity contribution is 5.06. The third-order valence-corrected chi connectivity index (χ3v) is 2.61. The third kappa shape index (κ3) is 2.13. The molecule has 0 saturated heterocycles. The number of aliphatic hydroxyl groups is 1. The van der Waals surface area contributed by atoms with E-state index in [2.05, 4.69) is 23.4 Å². The van der Waals surface area contributed by atoms with Gasteiger partial charge in [0.15, 0.2) is 0 Å². The molecule has 1 atom stereocenters. The SMILES string of the molecule is CCC(CC)n1cncc1C(N)CO. The van der Waals surface area contributed by atoms with Crippen molar-refractivity contribution in [3.8, 4) is 0 Å². The van der Waals surface area contributed by atoms with Gasteiger partial charge in [-0.15, -0.1) is 0 Å². The molecule has 0 radical (unpaired) electrons. The Bertz CT molecular complexity index is 268. The largest absolute Gasteiger partial charge is 0.394 e. The van der Waals surface area contributed by atoms with Crippen LogP contribution in [0.25, 0.3) is 0 Å². The Labute approximate surface area is 84.8 Å². The third-order valence-electron chi connectivity index (χ3n) is 2.61. The molecular formula is C10H19N3O. The molecule has 4 heteroatoms. The summed E-state index contributed by atoms with van der Waals surface area (Å²) < 4.78 is 2.07. The van der Waals surface area contributed by atoms with E-state index in [1.807, 2.05) is 0 Å². The van der Waals surface area contributed by atoms with Crippen LogP contribution in [0, 0.1) is 0 Å². The monoisotopic (exact) mass is 197 g/mol. The van der Waals surface area contributed by atoms with Crippen LogP contribution in [-0.4, -0.2) is 21.3 Å². The highest BCUT2D eigenvalue weighted by atomic mass is 16.3. The summed E-state index contributed by atoms with van der Waals surface area (Å²) in [6.45, 7) is 4.25. The fourth-order valence-corrected chi connectivity index (χ4v) is 1.68. The minimum absolute atomic E-state index is 0.0359. The molecule has 0 amide bonds. The Morgan fingerprint density at radius 2 is 2.14 bits per heavy atom. The Balaban J connectivity index is 2.90. The minimum atomic E-state index is -0.321. The summed E-state index contributed by atoms with van der Waals surface area (Å²) in [6, 6.07) is 0.114. The molecule has 4 nitrogen and oxygen atoms in total. The highest BCUT2D eigenvalue weighted by Gasteiger charge is 2.14. The van der Waals surface area contributed by atoms with E-state index in [0.717, 1.165) is 18.5 Å². The molecule has 0 aromatic carbocycles. The van der Waals surface area contributed by atoms with Crippen molar-refractivity contribution in [1.29, 1.82) is 0 Å². The topological polar surface area (TPSA) is 64.1 Å². The average molecular weight is 197 g/mol. The number of hydrogen-bond acceptors (Lipinski definition) is 3. The van der Waals surface area contributed by atoms with Gasteiger partial charge in [-0.25, -0.2) is 4.98 Å². The van der Waals surface area contributed by atoms with Crippen LogP contribution in [0.4, 0.5) is 0 Å². The van der Waals surface area contributed by atoms with E-state index in [1.54, 1.807) is 12.5 Å². The van der Waals surface area contributed by atoms with Crippen molar-refractivity contribution in [2.24, 2.45) is 5.73 Å². The van der Waals surface area contributed by atoms with Crippen molar-refractivity contribution in [2.45, 2.75) is 38.8 Å². The van der Waals surface area contributed by atoms with Gasteiger partial charge in [0, 0.05) is 12.2 Å². The van der Waals surface area contributed by atoms with Crippen molar-refractivity contribution in [2.75, 3.05) is 6.61 Å². The van der Waals surface area contributed by atoms with Crippen LogP contribution in [0.5, 0.6) is 0 Å². The predicted octanol–water partition coefficient (Wildman–Crippen LogP) is 1.24. The Hall–Kier alpha value is -0.870. The zero-order chi connectivity index (χ0) is 10.6. The number of rotatable bonds is 5. The molecule has 0 aliphatic carbocycles. The van der Waals surface area contributed by atoms with Crippen LogP contribution < -0.4 is 5.73 Å². The van der Waals surface area contributed by atoms with Gasteiger partial charge in [0.2, 0.25) is 0 Å². The van der Waals surface area contributed by atoms with Gasteiger partial charge in [0.25, 0.3) is 0 Å². The molecule has 1 rings (SSSR count). The normalized spacial score (nSPS) is 13.5. The zero-order valence-corrected chi connectivity index (χ0v) is 8.85. The second-order valence-electron chi connectivity index (χ2n) is 3.49. The predicted molar refractivity (Wildman–Crippen MR) is 55.9 cm³/mol. The summed E-state index contributed by atoms with van der Waals surface area (Å²) in [4.78, 5) is 4.08. The van der Waals surface area contributed by atoms with Gasteiger partial charge in [-0.3, -0.25) is 0 Å². The number of aliphatic hydroxyl groups excluding tert-OH is 1. The first kappa shape index (κ1) is 11.2. The van der Waals surface area contributed by atoms with Gasteiger partial charge in [0.05, 0.1) is 24.7 Å². The van der Waals surface area contributed by atoms with E-state index in [9.17, 15) is 0 Å². The molecule has 0 aliphatic rings. The first-order valence-electron chi connectivity index (χ1n) is 5.12. The maximum Gasteiger partial charge on any atom is 0.0951 e. The number of nitrogens with two attached hydrogens (primary N) is 1. The van der Waals surface area contributed by atoms with E-state index in [-0.39, 0.29) is 12.6 Å². The van der Waals surface area contributed by atoms with Crippen LogP contribution in [0.1, 0.15) is 44.5 Å². The second-order valence-corrected chi connectivity index (χ2v) is 3.49. The van der Waals surface area contributed by atoms with Crippen LogP contribution in [-0.2, 0) is 0 Å². The van der Waals surface area contributed by atoms with Crippen molar-refractivity contribution in [3.63, 3.8) is 0 Å². The molecule has 1 aromatic rings. The Kier molecular flexibility index (Phi) is 4.10. The van der Waals surface area contributed by atoms with E-state index in [0.29, 0.717) is 6.04 Å². The first-order valence-corrected chi connectivity index (χ1v) is 5.12. The molecule has 80 valence electrons. The second kappa shape index (κ2) is 5.12. The first-order chi connectivity index (χ1) is 6.74. The lowest BCUT2D eigenvalue weighted by atomic mass is 10.1. The quantitative estimate of drug-likeness (QED) is 0.746. The molecule has 1 heterocycles. The molecule has 0 aliphatic heterocycles. The maximum atomic E-state index is 8.99. The van der Waals surface area contributed by atoms with Gasteiger partial charge in [-0.2, -0.15) is 0 Å². The van der Waals surface area contributed by atoms with Crippen LogP contribution in [0.2, 0.25) is 0 Å². The van der Waals surface area contributed by atoms with Crippen molar-refractivity contribution < 1.29 is 5.11 Å². The summed E-state index contributed by atoms with van der Waals surface area (Å²) in [6.07, 6.45) is 5.64. The van der Waals surface area contributed by atoms with Crippen molar-refractivity contribution in [1.82, 2.24) is 9.55 Å². The number of hydrogen-bond donors (Lipinski definition) is 2. The molecule has 0 bridgehead atoms. The van der Waals surface area contributed by atoms with Crippen LogP contribution >= 0.6 is 0 Å². The summed E-state index contributed by atoms with van der Waals surface area (Å²) in [7, 11) is 0. The fraction of sp³-hybridized carbons (Fsp3) is 0.700. The lowest BCUT2D eigenvalue weighted by Gasteiger charge is -2.19. The minimum Gasteiger partial charge on any atom is -0.394 e. The average Bonchev–Trinajstić information content (AvgIpc) is 2.68. The van der Waals surface area contributed by atoms with Gasteiger partial charge in [0.1, 0.15) is 0 Å². The van der Waals surface area contributed by atoms with Crippen molar-refractivity contribution in [3.05, 3.63) is 18.2 Å². The van der Waals surface area contributed by atoms with Gasteiger partial charge in [-0.05, 0) is 12.8 Å². The molecule has 0 fully saturated rings. The molecule has 0 saturated carbocycles. The molecule has 1 aromatic heterocycles. The molecule has 14 heavy (non-hydrogen) atoms. The lowest BCUT2D eigenvalue weighted by molar-refractivity contribution is 0.260. The fourth-order valence-electron chi connectivity index (χ4n) is 1.68. The lowest BCUT2D eigenvalue weighted by Crippen LogP contribution is -2.20. The number of aromatic nitrogens is 2. The standard InChI is InChI=1S/C10H19N3O/c1-3-8(4-2)13-7-12-5-10(13)9(11)6-14/h5,7-9,14H,3-4,6,11H2,1-2H3. The van der Waals surface area contributed by atoms with Gasteiger partial charge >= 0.3 is 0 Å². The van der Waals surface area contributed by atoms with E-state index >= 15 is 0 Å². The maximum absolute atomic E-state index is 8.99. The Morgan fingerprint density at radius 1 is 1.50 bits per heavy atom. The van der Waals surface area contributed by atoms with E-state index in [1.165, 1.54) is 0 Å². The summed E-state index contributed by atoms with van der Waals surface area (Å²) in [5.41, 5.74) is 6.69. The highest BCUT2D eigenvalue weighted by Crippen LogP contribution is 2.20. The smallest absolute Gasteiger partial charge is 0.0951 e. The van der Waals surface area contributed by atoms with Gasteiger partial charge < -0.3 is 15.4 Å². The molecular weight excluding hydrogens is 178 g/mol. The zero-order valence-electron chi connectivity index (χ0n) is 8.85. The molecule has 3 N–H and O–H groups in total. The van der Waals surface area contributed by atoms with Crippen LogP contribution in [0.3, 0.4) is 0 Å². The summed E-state index contributed by atoms with van der Waals surface area (Å²) in [5.74, 6) is 0. The molecule has 0 spiro atoms. The van der Waals surface area contributed by atoms with Gasteiger partial charge in [-0.1, -0.05) is 13.8 Å². The Morgan fingerprint density at radius 3 is 2.64 bits per heavy atom. The van der Waals surface area contributed by atoms with Crippen molar-refractivity contribution >= 4 is 0 Å². The number of nitrogens with zero attached hydrogens (tertiary/aromatic N) is 2. The molecule has 1 unspecified atom stereocenters.